The van der Waals surface area contributed by atoms with E-state index in [2.05, 4.69) is 0 Å². The predicted octanol–water partition coefficient (Wildman–Crippen LogP) is 2.11. The summed E-state index contributed by atoms with van der Waals surface area (Å²) in [6.45, 7) is 0. The number of rotatable bonds is 0. The second-order valence-corrected chi connectivity index (χ2v) is 3.20. The minimum atomic E-state index is 0.685. The molecule has 0 aromatic heterocycles. The van der Waals surface area contributed by atoms with Gasteiger partial charge in [-0.1, -0.05) is 25.7 Å². The molecule has 0 amide bonds. The molecular weight excluding hydrogens is 112 g/mol. The highest BCUT2D eigenvalue weighted by Gasteiger charge is 2.37. The summed E-state index contributed by atoms with van der Waals surface area (Å²) in [6, 6.07) is 0. The lowest BCUT2D eigenvalue weighted by Crippen LogP contribution is -1.97. The fourth-order valence-corrected chi connectivity index (χ4v) is 1.73. The van der Waals surface area contributed by atoms with E-state index in [1.165, 1.54) is 38.5 Å². The van der Waals surface area contributed by atoms with Gasteiger partial charge in [0.1, 0.15) is 0 Å². The summed E-state index contributed by atoms with van der Waals surface area (Å²) < 4.78 is 5.44. The van der Waals surface area contributed by atoms with E-state index in [-0.39, 0.29) is 0 Å². The molecule has 2 aliphatic rings. The Kier molecular flexibility index (Phi) is 1.46. The zero-order chi connectivity index (χ0) is 6.10. The van der Waals surface area contributed by atoms with Gasteiger partial charge in [-0.15, -0.1) is 0 Å². The molecule has 1 saturated heterocycles. The smallest absolute Gasteiger partial charge is 0.0841 e. The maximum Gasteiger partial charge on any atom is 0.0841 e. The van der Waals surface area contributed by atoms with Crippen LogP contribution >= 0.6 is 0 Å². The van der Waals surface area contributed by atoms with Gasteiger partial charge in [-0.3, -0.25) is 0 Å². The first-order chi connectivity index (χ1) is 4.47. The number of fused-ring (bicyclic) bond motifs is 1. The lowest BCUT2D eigenvalue weighted by Gasteiger charge is -2.01. The zero-order valence-corrected chi connectivity index (χ0v) is 5.81. The number of hydrogen-bond donors (Lipinski definition) is 0. The molecule has 1 aliphatic carbocycles. The van der Waals surface area contributed by atoms with Crippen molar-refractivity contribution in [3.8, 4) is 0 Å². The Morgan fingerprint density at radius 1 is 0.778 bits per heavy atom. The molecule has 0 N–H and O–H groups in total. The van der Waals surface area contributed by atoms with Crippen molar-refractivity contribution in [2.24, 2.45) is 0 Å². The first-order valence-corrected chi connectivity index (χ1v) is 4.12. The molecule has 0 aromatic rings. The second-order valence-electron chi connectivity index (χ2n) is 3.20. The molecule has 0 aromatic carbocycles. The Morgan fingerprint density at radius 2 is 1.33 bits per heavy atom. The summed E-state index contributed by atoms with van der Waals surface area (Å²) in [5, 5.41) is 0. The van der Waals surface area contributed by atoms with E-state index in [0.29, 0.717) is 12.2 Å². The monoisotopic (exact) mass is 126 g/mol. The summed E-state index contributed by atoms with van der Waals surface area (Å²) in [5.41, 5.74) is 0. The molecule has 0 radical (unpaired) electrons. The molecule has 1 heterocycles. The van der Waals surface area contributed by atoms with Crippen LogP contribution in [0.4, 0.5) is 0 Å². The van der Waals surface area contributed by atoms with E-state index in [9.17, 15) is 0 Å². The van der Waals surface area contributed by atoms with E-state index in [0.717, 1.165) is 0 Å². The van der Waals surface area contributed by atoms with Crippen molar-refractivity contribution in [3.05, 3.63) is 0 Å². The zero-order valence-electron chi connectivity index (χ0n) is 5.81. The molecule has 52 valence electrons. The van der Waals surface area contributed by atoms with Crippen molar-refractivity contribution in [1.82, 2.24) is 0 Å². The first kappa shape index (κ1) is 5.72. The third-order valence-electron chi connectivity index (χ3n) is 2.41. The summed E-state index contributed by atoms with van der Waals surface area (Å²) in [4.78, 5) is 0. The molecule has 0 unspecified atom stereocenters. The van der Waals surface area contributed by atoms with Crippen LogP contribution in [-0.2, 0) is 4.74 Å². The van der Waals surface area contributed by atoms with Gasteiger partial charge in [0.05, 0.1) is 12.2 Å². The fourth-order valence-electron chi connectivity index (χ4n) is 1.73. The third kappa shape index (κ3) is 1.26. The lowest BCUT2D eigenvalue weighted by molar-refractivity contribution is 0.358. The molecule has 9 heavy (non-hydrogen) atoms. The Hall–Kier alpha value is -0.0400. The molecule has 2 atom stereocenters. The van der Waals surface area contributed by atoms with Gasteiger partial charge in [0.15, 0.2) is 0 Å². The molecule has 0 bridgehead atoms. The Bertz CT molecular complexity index is 88.7. The summed E-state index contributed by atoms with van der Waals surface area (Å²) in [5.74, 6) is 0. The van der Waals surface area contributed by atoms with E-state index in [1.807, 2.05) is 0 Å². The fraction of sp³-hybridized carbons (Fsp3) is 1.00. The Labute approximate surface area is 56.4 Å². The van der Waals surface area contributed by atoms with Crippen LogP contribution in [-0.4, -0.2) is 12.2 Å². The van der Waals surface area contributed by atoms with Crippen molar-refractivity contribution >= 4 is 0 Å². The quantitative estimate of drug-likeness (QED) is 0.453. The van der Waals surface area contributed by atoms with Crippen LogP contribution in [0.15, 0.2) is 0 Å². The molecular formula is C8H14O. The van der Waals surface area contributed by atoms with E-state index < -0.39 is 0 Å². The minimum Gasteiger partial charge on any atom is -0.370 e. The van der Waals surface area contributed by atoms with Gasteiger partial charge in [-0.25, -0.2) is 0 Å². The van der Waals surface area contributed by atoms with Gasteiger partial charge in [-0.05, 0) is 12.8 Å². The topological polar surface area (TPSA) is 12.5 Å². The molecule has 0 spiro atoms. The number of epoxide rings is 1. The van der Waals surface area contributed by atoms with Crippen molar-refractivity contribution in [1.29, 1.82) is 0 Å². The van der Waals surface area contributed by atoms with Crippen LogP contribution in [0, 0.1) is 0 Å². The van der Waals surface area contributed by atoms with Crippen LogP contribution < -0.4 is 0 Å². The van der Waals surface area contributed by atoms with E-state index in [4.69, 9.17) is 4.74 Å². The van der Waals surface area contributed by atoms with Crippen LogP contribution in [0.1, 0.15) is 38.5 Å². The van der Waals surface area contributed by atoms with Crippen molar-refractivity contribution in [3.63, 3.8) is 0 Å². The van der Waals surface area contributed by atoms with Crippen molar-refractivity contribution in [2.45, 2.75) is 50.7 Å². The normalized spacial score (nSPS) is 42.7. The predicted molar refractivity (Wildman–Crippen MR) is 36.4 cm³/mol. The average Bonchev–Trinajstić information content (AvgIpc) is 2.46. The Morgan fingerprint density at radius 3 is 1.89 bits per heavy atom. The Balaban J connectivity index is 1.81. The van der Waals surface area contributed by atoms with Gasteiger partial charge in [0.2, 0.25) is 0 Å². The van der Waals surface area contributed by atoms with E-state index >= 15 is 0 Å². The van der Waals surface area contributed by atoms with Crippen molar-refractivity contribution < 1.29 is 4.74 Å². The third-order valence-corrected chi connectivity index (χ3v) is 2.41. The van der Waals surface area contributed by atoms with Gasteiger partial charge in [0, 0.05) is 0 Å². The largest absolute Gasteiger partial charge is 0.370 e. The molecule has 1 heteroatoms. The van der Waals surface area contributed by atoms with Gasteiger partial charge >= 0.3 is 0 Å². The average molecular weight is 126 g/mol. The maximum atomic E-state index is 5.44. The highest BCUT2D eigenvalue weighted by Crippen LogP contribution is 2.33. The molecule has 2 rings (SSSR count). The minimum absolute atomic E-state index is 0.685. The number of hydrogen-bond acceptors (Lipinski definition) is 1. The van der Waals surface area contributed by atoms with Crippen LogP contribution in [0.2, 0.25) is 0 Å². The van der Waals surface area contributed by atoms with E-state index in [1.54, 1.807) is 0 Å². The van der Waals surface area contributed by atoms with Gasteiger partial charge < -0.3 is 4.74 Å². The van der Waals surface area contributed by atoms with Crippen LogP contribution in [0.25, 0.3) is 0 Å². The standard InChI is InChI=1S/C8H14O/c1-2-4-6-8-7(9-8)5-3-1/h7-8H,1-6H2/t7-,8+. The van der Waals surface area contributed by atoms with Crippen LogP contribution in [0.5, 0.6) is 0 Å². The summed E-state index contributed by atoms with van der Waals surface area (Å²) in [6.07, 6.45) is 9.73. The summed E-state index contributed by atoms with van der Waals surface area (Å²) in [7, 11) is 0. The maximum absolute atomic E-state index is 5.44. The van der Waals surface area contributed by atoms with Gasteiger partial charge in [-0.2, -0.15) is 0 Å². The number of ether oxygens (including phenoxy) is 1. The molecule has 1 saturated carbocycles. The summed E-state index contributed by atoms with van der Waals surface area (Å²) >= 11 is 0. The molecule has 2 fully saturated rings. The van der Waals surface area contributed by atoms with Crippen LogP contribution in [0.3, 0.4) is 0 Å². The highest BCUT2D eigenvalue weighted by molar-refractivity contribution is 4.85. The van der Waals surface area contributed by atoms with Crippen molar-refractivity contribution in [2.75, 3.05) is 0 Å². The van der Waals surface area contributed by atoms with Gasteiger partial charge in [0.25, 0.3) is 0 Å². The lowest BCUT2D eigenvalue weighted by atomic mass is 10.0. The highest BCUT2D eigenvalue weighted by atomic mass is 16.6. The second kappa shape index (κ2) is 2.30. The SMILES string of the molecule is C1CCC[C@H]2O[C@H]2CC1. The molecule has 1 nitrogen and oxygen atoms in total. The molecule has 1 aliphatic heterocycles. The first-order valence-electron chi connectivity index (χ1n) is 4.12.